The van der Waals surface area contributed by atoms with E-state index in [9.17, 15) is 0 Å². The van der Waals surface area contributed by atoms with Gasteiger partial charge in [-0.05, 0) is 5.56 Å². The molecule has 0 bridgehead atoms. The van der Waals surface area contributed by atoms with Gasteiger partial charge in [0.25, 0.3) is 0 Å². The van der Waals surface area contributed by atoms with Gasteiger partial charge < -0.3 is 18.9 Å². The maximum absolute atomic E-state index is 6.05. The molecule has 4 rings (SSSR count). The quantitative estimate of drug-likeness (QED) is 0.867. The molecule has 2 saturated heterocycles. The van der Waals surface area contributed by atoms with Crippen molar-refractivity contribution in [3.63, 3.8) is 0 Å². The van der Waals surface area contributed by atoms with Crippen LogP contribution in [0.1, 0.15) is 23.8 Å². The van der Waals surface area contributed by atoms with Crippen LogP contribution in [0.25, 0.3) is 0 Å². The molecule has 2 heterocycles. The molecule has 4 heteroatoms. The van der Waals surface area contributed by atoms with Crippen LogP contribution in [0.4, 0.5) is 0 Å². The Morgan fingerprint density at radius 2 is 1.61 bits per heavy atom. The summed E-state index contributed by atoms with van der Waals surface area (Å²) in [6.45, 7) is 1.09. The maximum atomic E-state index is 6.05. The van der Waals surface area contributed by atoms with E-state index in [2.05, 4.69) is 0 Å². The summed E-state index contributed by atoms with van der Waals surface area (Å²) in [6, 6.07) is 20.1. The molecule has 23 heavy (non-hydrogen) atoms. The van der Waals surface area contributed by atoms with Gasteiger partial charge in [0.15, 0.2) is 12.6 Å². The second-order valence-corrected chi connectivity index (χ2v) is 5.89. The molecule has 2 fully saturated rings. The fraction of sp³-hybridized carbons (Fsp3) is 0.368. The number of hydrogen-bond donors (Lipinski definition) is 0. The molecule has 2 aliphatic rings. The monoisotopic (exact) mass is 312 g/mol. The van der Waals surface area contributed by atoms with Gasteiger partial charge in [-0.3, -0.25) is 0 Å². The van der Waals surface area contributed by atoms with E-state index in [0.717, 1.165) is 17.5 Å². The predicted octanol–water partition coefficient (Wildman–Crippen LogP) is 3.43. The fourth-order valence-electron chi connectivity index (χ4n) is 3.01. The van der Waals surface area contributed by atoms with Crippen LogP contribution in [0.5, 0.6) is 0 Å². The zero-order valence-electron chi connectivity index (χ0n) is 12.8. The van der Waals surface area contributed by atoms with E-state index in [4.69, 9.17) is 18.9 Å². The lowest BCUT2D eigenvalue weighted by molar-refractivity contribution is -0.250. The molecule has 0 unspecified atom stereocenters. The summed E-state index contributed by atoms with van der Waals surface area (Å²) in [7, 11) is 0. The van der Waals surface area contributed by atoms with Gasteiger partial charge in [0.05, 0.1) is 19.3 Å². The summed E-state index contributed by atoms with van der Waals surface area (Å²) in [5.74, 6) is 0. The van der Waals surface area contributed by atoms with Crippen LogP contribution in [-0.4, -0.2) is 25.1 Å². The van der Waals surface area contributed by atoms with Crippen molar-refractivity contribution in [2.45, 2.75) is 37.8 Å². The molecule has 0 amide bonds. The zero-order valence-corrected chi connectivity index (χ0v) is 12.8. The third-order valence-corrected chi connectivity index (χ3v) is 4.23. The van der Waals surface area contributed by atoms with Crippen LogP contribution >= 0.6 is 0 Å². The first-order valence-corrected chi connectivity index (χ1v) is 8.01. The minimum Gasteiger partial charge on any atom is -0.348 e. The van der Waals surface area contributed by atoms with E-state index in [1.807, 2.05) is 60.7 Å². The molecule has 2 aliphatic heterocycles. The van der Waals surface area contributed by atoms with E-state index in [1.165, 1.54) is 0 Å². The highest BCUT2D eigenvalue weighted by Crippen LogP contribution is 2.35. The van der Waals surface area contributed by atoms with Gasteiger partial charge >= 0.3 is 0 Å². The molecule has 0 spiro atoms. The smallest absolute Gasteiger partial charge is 0.184 e. The van der Waals surface area contributed by atoms with Crippen molar-refractivity contribution >= 4 is 0 Å². The molecule has 120 valence electrons. The molecule has 2 aromatic carbocycles. The molecule has 0 saturated carbocycles. The Hall–Kier alpha value is -1.72. The Bertz CT molecular complexity index is 616. The van der Waals surface area contributed by atoms with Crippen molar-refractivity contribution in [2.75, 3.05) is 6.61 Å². The fourth-order valence-corrected chi connectivity index (χ4v) is 3.01. The highest BCUT2D eigenvalue weighted by atomic mass is 16.7. The van der Waals surface area contributed by atoms with E-state index in [-0.39, 0.29) is 24.8 Å². The highest BCUT2D eigenvalue weighted by Gasteiger charge is 2.42. The molecular formula is C19H20O4. The van der Waals surface area contributed by atoms with Crippen LogP contribution in [0, 0.1) is 0 Å². The van der Waals surface area contributed by atoms with Crippen LogP contribution in [0.15, 0.2) is 60.7 Å². The minimum atomic E-state index is -0.311. The second kappa shape index (κ2) is 6.81. The SMILES string of the molecule is c1ccc(CO[C@@H]2C[C@H]3O[C@@H](c4ccccc4)OC[C@H]3O2)cc1. The summed E-state index contributed by atoms with van der Waals surface area (Å²) < 4.78 is 23.6. The maximum Gasteiger partial charge on any atom is 0.184 e. The summed E-state index contributed by atoms with van der Waals surface area (Å²) in [5.41, 5.74) is 2.19. The van der Waals surface area contributed by atoms with E-state index in [0.29, 0.717) is 13.2 Å². The topological polar surface area (TPSA) is 36.9 Å². The Morgan fingerprint density at radius 3 is 2.39 bits per heavy atom. The van der Waals surface area contributed by atoms with Gasteiger partial charge in [-0.15, -0.1) is 0 Å². The number of rotatable bonds is 4. The van der Waals surface area contributed by atoms with E-state index < -0.39 is 0 Å². The number of hydrogen-bond acceptors (Lipinski definition) is 4. The lowest BCUT2D eigenvalue weighted by Crippen LogP contribution is -2.37. The molecule has 0 aromatic heterocycles. The summed E-state index contributed by atoms with van der Waals surface area (Å²) in [5, 5.41) is 0. The third-order valence-electron chi connectivity index (χ3n) is 4.23. The van der Waals surface area contributed by atoms with Gasteiger partial charge in [-0.25, -0.2) is 0 Å². The average molecular weight is 312 g/mol. The summed E-state index contributed by atoms with van der Waals surface area (Å²) >= 11 is 0. The van der Waals surface area contributed by atoms with Gasteiger partial charge in [0.1, 0.15) is 6.10 Å². The molecule has 0 radical (unpaired) electrons. The molecule has 4 nitrogen and oxygen atoms in total. The highest BCUT2D eigenvalue weighted by molar-refractivity contribution is 5.16. The Kier molecular flexibility index (Phi) is 4.39. The summed E-state index contributed by atoms with van der Waals surface area (Å²) in [6.07, 6.45) is 0.173. The van der Waals surface area contributed by atoms with Gasteiger partial charge in [-0.1, -0.05) is 60.7 Å². The lowest BCUT2D eigenvalue weighted by atomic mass is 10.1. The first kappa shape index (κ1) is 14.8. The number of ether oxygens (including phenoxy) is 4. The first-order valence-electron chi connectivity index (χ1n) is 8.01. The Labute approximate surface area is 135 Å². The van der Waals surface area contributed by atoms with Crippen molar-refractivity contribution in [1.82, 2.24) is 0 Å². The lowest BCUT2D eigenvalue weighted by Gasteiger charge is -2.31. The van der Waals surface area contributed by atoms with Gasteiger partial charge in [0.2, 0.25) is 0 Å². The summed E-state index contributed by atoms with van der Waals surface area (Å²) in [4.78, 5) is 0. The first-order chi connectivity index (χ1) is 11.4. The normalized spacial score (nSPS) is 30.1. The second-order valence-electron chi connectivity index (χ2n) is 5.89. The van der Waals surface area contributed by atoms with Crippen molar-refractivity contribution in [2.24, 2.45) is 0 Å². The standard InChI is InChI=1S/C19H20O4/c1-3-7-14(8-4-1)12-20-18-11-16-17(22-18)13-21-19(23-16)15-9-5-2-6-10-15/h1-10,16-19H,11-13H2/t16-,17-,18+,19+/m1/s1. The number of fused-ring (bicyclic) bond motifs is 1. The van der Waals surface area contributed by atoms with Crippen LogP contribution < -0.4 is 0 Å². The van der Waals surface area contributed by atoms with Crippen LogP contribution in [0.2, 0.25) is 0 Å². The van der Waals surface area contributed by atoms with Gasteiger partial charge in [0, 0.05) is 12.0 Å². The Balaban J connectivity index is 1.33. The molecular weight excluding hydrogens is 292 g/mol. The van der Waals surface area contributed by atoms with Crippen molar-refractivity contribution in [1.29, 1.82) is 0 Å². The largest absolute Gasteiger partial charge is 0.348 e. The van der Waals surface area contributed by atoms with Crippen molar-refractivity contribution in [3.05, 3.63) is 71.8 Å². The minimum absolute atomic E-state index is 0.0229. The number of benzene rings is 2. The van der Waals surface area contributed by atoms with Crippen LogP contribution in [-0.2, 0) is 25.6 Å². The predicted molar refractivity (Wildman–Crippen MR) is 84.5 cm³/mol. The van der Waals surface area contributed by atoms with Crippen molar-refractivity contribution in [3.8, 4) is 0 Å². The van der Waals surface area contributed by atoms with Crippen molar-refractivity contribution < 1.29 is 18.9 Å². The van der Waals surface area contributed by atoms with Gasteiger partial charge in [-0.2, -0.15) is 0 Å². The average Bonchev–Trinajstić information content (AvgIpc) is 3.04. The molecule has 0 aliphatic carbocycles. The van der Waals surface area contributed by atoms with E-state index >= 15 is 0 Å². The molecule has 2 aromatic rings. The molecule has 4 atom stereocenters. The zero-order chi connectivity index (χ0) is 15.5. The van der Waals surface area contributed by atoms with E-state index in [1.54, 1.807) is 0 Å². The van der Waals surface area contributed by atoms with Crippen LogP contribution in [0.3, 0.4) is 0 Å². The Morgan fingerprint density at radius 1 is 0.870 bits per heavy atom. The third kappa shape index (κ3) is 3.46. The molecule has 0 N–H and O–H groups in total.